The lowest BCUT2D eigenvalue weighted by molar-refractivity contribution is 0.589. The van der Waals surface area contributed by atoms with E-state index in [1.54, 1.807) is 0 Å². The molecule has 0 atom stereocenters. The summed E-state index contributed by atoms with van der Waals surface area (Å²) in [5, 5.41) is 0. The summed E-state index contributed by atoms with van der Waals surface area (Å²) in [7, 11) is 0. The number of anilines is 4. The van der Waals surface area contributed by atoms with Crippen LogP contribution in [0, 0.1) is 27.7 Å². The van der Waals surface area contributed by atoms with Crippen molar-refractivity contribution >= 4 is 22.7 Å². The molecule has 0 unspecified atom stereocenters. The van der Waals surface area contributed by atoms with E-state index in [0.717, 1.165) is 12.8 Å². The van der Waals surface area contributed by atoms with Crippen LogP contribution in [0.1, 0.15) is 140 Å². The fourth-order valence-electron chi connectivity index (χ4n) is 7.57. The molecule has 2 heteroatoms. The molecule has 0 saturated carbocycles. The van der Waals surface area contributed by atoms with Crippen molar-refractivity contribution in [3.63, 3.8) is 0 Å². The Labute approximate surface area is 317 Å². The lowest BCUT2D eigenvalue weighted by Crippen LogP contribution is -2.25. The molecule has 0 N–H and O–H groups in total. The quantitative estimate of drug-likeness (QED) is 0.198. The smallest absolute Gasteiger partial charge is 0.0516 e. The van der Waals surface area contributed by atoms with Crippen molar-refractivity contribution in [1.29, 1.82) is 0 Å². The van der Waals surface area contributed by atoms with Crippen LogP contribution in [-0.4, -0.2) is 0 Å². The minimum absolute atomic E-state index is 0.0882. The maximum atomic E-state index is 2.54. The van der Waals surface area contributed by atoms with Crippen LogP contribution < -0.4 is 9.80 Å². The van der Waals surface area contributed by atoms with E-state index in [1.165, 1.54) is 78.7 Å². The molecule has 1 aliphatic carbocycles. The van der Waals surface area contributed by atoms with Gasteiger partial charge in [-0.05, 0) is 143 Å². The summed E-state index contributed by atoms with van der Waals surface area (Å²) >= 11 is 0. The molecule has 0 fully saturated rings. The molecular weight excluding hydrogens is 629 g/mol. The molecule has 276 valence electrons. The van der Waals surface area contributed by atoms with Crippen molar-refractivity contribution in [2.45, 2.75) is 145 Å². The molecule has 52 heavy (non-hydrogen) atoms. The largest absolute Gasteiger partial charge is 0.314 e. The number of hydrogen-bond donors (Lipinski definition) is 0. The summed E-state index contributed by atoms with van der Waals surface area (Å²) in [5.74, 6) is 0. The van der Waals surface area contributed by atoms with Gasteiger partial charge in [-0.15, -0.1) is 0 Å². The van der Waals surface area contributed by atoms with Crippen LogP contribution in [-0.2, 0) is 21.7 Å². The zero-order valence-corrected chi connectivity index (χ0v) is 35.4. The Kier molecular flexibility index (Phi) is 10.6. The van der Waals surface area contributed by atoms with E-state index in [1.807, 2.05) is 0 Å². The topological polar surface area (TPSA) is 6.48 Å². The minimum atomic E-state index is 0.0882. The fraction of sp³-hybridized carbons (Fsp3) is 0.440. The van der Waals surface area contributed by atoms with E-state index in [9.17, 15) is 0 Å². The van der Waals surface area contributed by atoms with Gasteiger partial charge in [0.2, 0.25) is 0 Å². The fourth-order valence-corrected chi connectivity index (χ4v) is 7.57. The molecule has 0 amide bonds. The predicted molar refractivity (Wildman–Crippen MR) is 229 cm³/mol. The molecule has 0 bridgehead atoms. The Morgan fingerprint density at radius 3 is 0.827 bits per heavy atom. The third kappa shape index (κ3) is 8.27. The van der Waals surface area contributed by atoms with E-state index in [2.05, 4.69) is 206 Å². The van der Waals surface area contributed by atoms with E-state index in [0.29, 0.717) is 0 Å². The van der Waals surface area contributed by atoms with Gasteiger partial charge in [0, 0.05) is 22.8 Å². The Morgan fingerprint density at radius 2 is 0.615 bits per heavy atom. The first-order valence-corrected chi connectivity index (χ1v) is 19.4. The standard InChI is InChI=1S/C50H66N2/c1-33-29-39(49(11,12)13)30-34(2)45(33)51(41-21-17-37(18-22-41)47(5,6)7)43-25-27-44(28-26-43)52(42-23-19-38(20-24-42)48(8,9)10)46-35(3)31-40(32-36(46)4)50(14,15)16/h17-25,27,29-32H,26,28H2,1-16H3. The van der Waals surface area contributed by atoms with Gasteiger partial charge in [-0.3, -0.25) is 0 Å². The second-order valence-electron chi connectivity index (χ2n) is 19.5. The monoisotopic (exact) mass is 695 g/mol. The van der Waals surface area contributed by atoms with Gasteiger partial charge < -0.3 is 9.80 Å². The number of rotatable bonds is 6. The van der Waals surface area contributed by atoms with Gasteiger partial charge in [0.1, 0.15) is 0 Å². The zero-order chi connectivity index (χ0) is 38.6. The molecule has 0 saturated heterocycles. The summed E-state index contributed by atoms with van der Waals surface area (Å²) in [6.45, 7) is 36.7. The number of benzene rings is 4. The molecular formula is C50H66N2. The number of nitrogens with zero attached hydrogens (tertiary/aromatic N) is 2. The molecule has 0 aliphatic heterocycles. The highest BCUT2D eigenvalue weighted by molar-refractivity contribution is 5.78. The number of allylic oxidation sites excluding steroid dienone is 4. The lowest BCUT2D eigenvalue weighted by atomic mass is 9.84. The van der Waals surface area contributed by atoms with E-state index in [4.69, 9.17) is 0 Å². The van der Waals surface area contributed by atoms with Crippen LogP contribution in [0.4, 0.5) is 22.7 Å². The highest BCUT2D eigenvalue weighted by Gasteiger charge is 2.28. The van der Waals surface area contributed by atoms with E-state index in [-0.39, 0.29) is 21.7 Å². The molecule has 1 aliphatic rings. The third-order valence-electron chi connectivity index (χ3n) is 10.8. The van der Waals surface area contributed by atoms with Crippen molar-refractivity contribution in [3.8, 4) is 0 Å². The Morgan fingerprint density at radius 1 is 0.365 bits per heavy atom. The van der Waals surface area contributed by atoms with Crippen LogP contribution in [0.5, 0.6) is 0 Å². The highest BCUT2D eigenvalue weighted by Crippen LogP contribution is 2.44. The Hall–Kier alpha value is -4.04. The predicted octanol–water partition coefficient (Wildman–Crippen LogP) is 14.6. The first-order valence-electron chi connectivity index (χ1n) is 19.4. The Bertz CT molecular complexity index is 1780. The molecule has 0 aromatic heterocycles. The van der Waals surface area contributed by atoms with Gasteiger partial charge in [0.25, 0.3) is 0 Å². The second kappa shape index (κ2) is 14.1. The normalized spacial score (nSPS) is 14.2. The maximum Gasteiger partial charge on any atom is 0.0516 e. The van der Waals surface area contributed by atoms with Gasteiger partial charge in [-0.2, -0.15) is 0 Å². The van der Waals surface area contributed by atoms with Gasteiger partial charge in [-0.1, -0.05) is 132 Å². The number of hydrogen-bond acceptors (Lipinski definition) is 2. The average Bonchev–Trinajstić information content (AvgIpc) is 3.03. The lowest BCUT2D eigenvalue weighted by Gasteiger charge is -2.37. The summed E-state index contributed by atoms with van der Waals surface area (Å²) in [6.07, 6.45) is 6.64. The molecule has 4 aromatic rings. The average molecular weight is 695 g/mol. The molecule has 0 heterocycles. The van der Waals surface area contributed by atoms with Crippen molar-refractivity contribution in [1.82, 2.24) is 0 Å². The maximum absolute atomic E-state index is 2.54. The summed E-state index contributed by atoms with van der Waals surface area (Å²) < 4.78 is 0. The molecule has 0 spiro atoms. The number of aryl methyl sites for hydroxylation is 4. The van der Waals surface area contributed by atoms with Crippen molar-refractivity contribution in [3.05, 3.63) is 141 Å². The molecule has 5 rings (SSSR count). The van der Waals surface area contributed by atoms with Crippen LogP contribution in [0.3, 0.4) is 0 Å². The van der Waals surface area contributed by atoms with Crippen molar-refractivity contribution < 1.29 is 0 Å². The summed E-state index contributed by atoms with van der Waals surface area (Å²) in [4.78, 5) is 5.07. The van der Waals surface area contributed by atoms with Crippen molar-refractivity contribution in [2.24, 2.45) is 0 Å². The van der Waals surface area contributed by atoms with E-state index >= 15 is 0 Å². The van der Waals surface area contributed by atoms with Crippen LogP contribution in [0.25, 0.3) is 0 Å². The van der Waals surface area contributed by atoms with Crippen LogP contribution >= 0.6 is 0 Å². The molecule has 4 aromatic carbocycles. The third-order valence-corrected chi connectivity index (χ3v) is 10.8. The molecule has 0 radical (unpaired) electrons. The summed E-state index contributed by atoms with van der Waals surface area (Å²) in [6, 6.07) is 28.2. The second-order valence-corrected chi connectivity index (χ2v) is 19.5. The first-order chi connectivity index (χ1) is 24.0. The van der Waals surface area contributed by atoms with Crippen molar-refractivity contribution in [2.75, 3.05) is 9.80 Å². The van der Waals surface area contributed by atoms with Gasteiger partial charge in [-0.25, -0.2) is 0 Å². The Balaban J connectivity index is 1.68. The van der Waals surface area contributed by atoms with Crippen LogP contribution in [0.2, 0.25) is 0 Å². The SMILES string of the molecule is Cc1cc(C(C)(C)C)cc(C)c1N(C1=CC=C(N(c2ccc(C(C)(C)C)cc2)c2c(C)cc(C(C)(C)C)cc2C)CC1)c1ccc(C(C)(C)C)cc1. The zero-order valence-electron chi connectivity index (χ0n) is 35.4. The highest BCUT2D eigenvalue weighted by atomic mass is 15.2. The summed E-state index contributed by atoms with van der Waals surface area (Å²) in [5.41, 5.74) is 18.7. The van der Waals surface area contributed by atoms with E-state index < -0.39 is 0 Å². The van der Waals surface area contributed by atoms with Gasteiger partial charge >= 0.3 is 0 Å². The van der Waals surface area contributed by atoms with Gasteiger partial charge in [0.05, 0.1) is 11.4 Å². The first kappa shape index (κ1) is 39.2. The molecule has 2 nitrogen and oxygen atoms in total. The minimum Gasteiger partial charge on any atom is -0.314 e. The van der Waals surface area contributed by atoms with Crippen LogP contribution in [0.15, 0.2) is 96.3 Å². The van der Waals surface area contributed by atoms with Gasteiger partial charge in [0.15, 0.2) is 0 Å².